The van der Waals surface area contributed by atoms with Crippen LogP contribution < -0.4 is 4.72 Å². The Labute approximate surface area is 149 Å². The summed E-state index contributed by atoms with van der Waals surface area (Å²) in [6.45, 7) is 0. The van der Waals surface area contributed by atoms with Crippen molar-refractivity contribution < 1.29 is 8.42 Å². The van der Waals surface area contributed by atoms with Gasteiger partial charge in [-0.15, -0.1) is 5.10 Å². The van der Waals surface area contributed by atoms with Crippen LogP contribution in [0.1, 0.15) is 0 Å². The first-order valence-corrected chi connectivity index (χ1v) is 9.66. The van der Waals surface area contributed by atoms with E-state index in [4.69, 9.17) is 11.6 Å². The molecule has 2 aromatic heterocycles. The number of hydrogen-bond acceptors (Lipinski definition) is 6. The van der Waals surface area contributed by atoms with E-state index in [-0.39, 0.29) is 10.0 Å². The Morgan fingerprint density at radius 1 is 1.22 bits per heavy atom. The number of pyridine rings is 1. The van der Waals surface area contributed by atoms with E-state index < -0.39 is 10.0 Å². The van der Waals surface area contributed by atoms with Gasteiger partial charge >= 0.3 is 0 Å². The maximum absolute atomic E-state index is 12.3. The largest absolute Gasteiger partial charge is 0.280 e. The van der Waals surface area contributed by atoms with Gasteiger partial charge in [-0.05, 0) is 45.7 Å². The second kappa shape index (κ2) is 6.52. The normalized spacial score (nSPS) is 11.4. The van der Waals surface area contributed by atoms with Gasteiger partial charge in [-0.25, -0.2) is 13.4 Å². The van der Waals surface area contributed by atoms with E-state index in [0.29, 0.717) is 10.2 Å². The van der Waals surface area contributed by atoms with Gasteiger partial charge in [-0.3, -0.25) is 4.72 Å². The first-order chi connectivity index (χ1) is 11.0. The third-order valence-electron chi connectivity index (χ3n) is 2.87. The number of halogens is 2. The minimum atomic E-state index is -3.75. The molecule has 23 heavy (non-hydrogen) atoms. The first-order valence-electron chi connectivity index (χ1n) is 6.17. The highest BCUT2D eigenvalue weighted by Gasteiger charge is 2.16. The smallest absolute Gasteiger partial charge is 0.263 e. The lowest BCUT2D eigenvalue weighted by Gasteiger charge is -2.09. The zero-order chi connectivity index (χ0) is 16.4. The van der Waals surface area contributed by atoms with Crippen molar-refractivity contribution in [2.24, 2.45) is 0 Å². The summed E-state index contributed by atoms with van der Waals surface area (Å²) >= 11 is 10.2. The predicted octanol–water partition coefficient (Wildman–Crippen LogP) is 3.82. The highest BCUT2D eigenvalue weighted by Crippen LogP contribution is 2.25. The van der Waals surface area contributed by atoms with Gasteiger partial charge in [0.05, 0.1) is 4.47 Å². The molecule has 0 unspecified atom stereocenters. The maximum atomic E-state index is 12.3. The van der Waals surface area contributed by atoms with Crippen molar-refractivity contribution in [2.75, 3.05) is 4.72 Å². The number of nitrogens with one attached hydrogen (secondary N) is 1. The molecule has 0 bridgehead atoms. The van der Waals surface area contributed by atoms with Crippen LogP contribution in [0.4, 0.5) is 5.69 Å². The summed E-state index contributed by atoms with van der Waals surface area (Å²) < 4.78 is 31.4. The fourth-order valence-electron chi connectivity index (χ4n) is 1.76. The van der Waals surface area contributed by atoms with Crippen molar-refractivity contribution in [3.63, 3.8) is 0 Å². The molecule has 3 aromatic rings. The predicted molar refractivity (Wildman–Crippen MR) is 93.1 cm³/mol. The van der Waals surface area contributed by atoms with Crippen LogP contribution in [0.3, 0.4) is 0 Å². The molecule has 0 atom stereocenters. The van der Waals surface area contributed by atoms with Crippen molar-refractivity contribution >= 4 is 54.8 Å². The Balaban J connectivity index is 1.84. The van der Waals surface area contributed by atoms with Crippen molar-refractivity contribution in [1.29, 1.82) is 0 Å². The van der Waals surface area contributed by atoms with Crippen LogP contribution in [0, 0.1) is 0 Å². The molecule has 0 aliphatic rings. The summed E-state index contributed by atoms with van der Waals surface area (Å²) in [5, 5.41) is 5.97. The van der Waals surface area contributed by atoms with Crippen LogP contribution in [0.2, 0.25) is 5.15 Å². The Morgan fingerprint density at radius 2 is 1.96 bits per heavy atom. The van der Waals surface area contributed by atoms with Crippen LogP contribution in [0.25, 0.3) is 11.3 Å². The molecule has 3 rings (SSSR count). The topological polar surface area (TPSA) is 84.8 Å². The molecule has 0 saturated carbocycles. The standard InChI is InChI=1S/C13H8BrClN4O2S2/c14-11-5-10(6-16-13(11)15)23(20,21)18-9-3-1-8(2-4-9)12-7-22-19-17-12/h1-7,18H. The molecule has 2 heterocycles. The quantitative estimate of drug-likeness (QED) is 0.635. The van der Waals surface area contributed by atoms with Crippen molar-refractivity contribution in [3.05, 3.63) is 51.5 Å². The number of rotatable bonds is 4. The molecule has 0 radical (unpaired) electrons. The van der Waals surface area contributed by atoms with E-state index >= 15 is 0 Å². The van der Waals surface area contributed by atoms with Gasteiger partial charge in [0.15, 0.2) is 0 Å². The molecule has 1 N–H and O–H groups in total. The molecule has 10 heteroatoms. The van der Waals surface area contributed by atoms with E-state index in [1.54, 1.807) is 24.3 Å². The van der Waals surface area contributed by atoms with Gasteiger partial charge in [0.2, 0.25) is 0 Å². The Kier molecular flexibility index (Phi) is 4.62. The van der Waals surface area contributed by atoms with Gasteiger partial charge in [0.25, 0.3) is 10.0 Å². The lowest BCUT2D eigenvalue weighted by molar-refractivity contribution is 0.600. The zero-order valence-corrected chi connectivity index (χ0v) is 15.2. The average Bonchev–Trinajstić information content (AvgIpc) is 3.04. The molecule has 0 saturated heterocycles. The highest BCUT2D eigenvalue weighted by atomic mass is 79.9. The third kappa shape index (κ3) is 3.69. The molecular formula is C13H8BrClN4O2S2. The lowest BCUT2D eigenvalue weighted by Crippen LogP contribution is -2.13. The van der Waals surface area contributed by atoms with E-state index in [1.807, 2.05) is 5.38 Å². The van der Waals surface area contributed by atoms with Crippen LogP contribution in [0.15, 0.2) is 51.3 Å². The summed E-state index contributed by atoms with van der Waals surface area (Å²) in [7, 11) is -3.75. The molecule has 0 aliphatic heterocycles. The fourth-order valence-corrected chi connectivity index (χ4v) is 3.86. The molecule has 1 aromatic carbocycles. The van der Waals surface area contributed by atoms with Gasteiger partial charge in [-0.1, -0.05) is 28.2 Å². The Hall–Kier alpha value is -1.55. The third-order valence-corrected chi connectivity index (χ3v) is 5.86. The Bertz CT molecular complexity index is 931. The molecular weight excluding hydrogens is 424 g/mol. The first kappa shape index (κ1) is 16.3. The van der Waals surface area contributed by atoms with Crippen LogP contribution in [0.5, 0.6) is 0 Å². The maximum Gasteiger partial charge on any atom is 0.263 e. The average molecular weight is 432 g/mol. The van der Waals surface area contributed by atoms with Crippen molar-refractivity contribution in [3.8, 4) is 11.3 Å². The van der Waals surface area contributed by atoms with Crippen LogP contribution in [-0.4, -0.2) is 23.0 Å². The second-order valence-corrected chi connectivity index (χ2v) is 7.92. The number of benzene rings is 1. The number of hydrogen-bond donors (Lipinski definition) is 1. The zero-order valence-electron chi connectivity index (χ0n) is 11.3. The van der Waals surface area contributed by atoms with Gasteiger partial charge in [0, 0.05) is 22.8 Å². The number of anilines is 1. The van der Waals surface area contributed by atoms with E-state index in [2.05, 4.69) is 35.2 Å². The molecule has 0 fully saturated rings. The monoisotopic (exact) mass is 430 g/mol. The number of aromatic nitrogens is 3. The summed E-state index contributed by atoms with van der Waals surface area (Å²) in [5.41, 5.74) is 2.04. The number of sulfonamides is 1. The summed E-state index contributed by atoms with van der Waals surface area (Å²) in [6.07, 6.45) is 1.20. The van der Waals surface area contributed by atoms with Gasteiger partial charge in [-0.2, -0.15) is 0 Å². The molecule has 0 aliphatic carbocycles. The fraction of sp³-hybridized carbons (Fsp3) is 0. The second-order valence-electron chi connectivity index (χ2n) is 4.42. The van der Waals surface area contributed by atoms with E-state index in [0.717, 1.165) is 11.3 Å². The van der Waals surface area contributed by atoms with Gasteiger partial charge < -0.3 is 0 Å². The molecule has 0 spiro atoms. The SMILES string of the molecule is O=S(=O)(Nc1ccc(-c2csnn2)cc1)c1cnc(Cl)c(Br)c1. The Morgan fingerprint density at radius 3 is 2.57 bits per heavy atom. The van der Waals surface area contributed by atoms with E-state index in [1.165, 1.54) is 23.8 Å². The number of nitrogens with zero attached hydrogens (tertiary/aromatic N) is 3. The summed E-state index contributed by atoms with van der Waals surface area (Å²) in [5.74, 6) is 0. The van der Waals surface area contributed by atoms with E-state index in [9.17, 15) is 8.42 Å². The summed E-state index contributed by atoms with van der Waals surface area (Å²) in [6, 6.07) is 8.25. The molecule has 118 valence electrons. The minimum Gasteiger partial charge on any atom is -0.280 e. The molecule has 6 nitrogen and oxygen atoms in total. The summed E-state index contributed by atoms with van der Waals surface area (Å²) in [4.78, 5) is 3.84. The van der Waals surface area contributed by atoms with Crippen LogP contribution in [-0.2, 0) is 10.0 Å². The minimum absolute atomic E-state index is 0.0153. The molecule has 0 amide bonds. The van der Waals surface area contributed by atoms with Crippen LogP contribution >= 0.6 is 39.1 Å². The van der Waals surface area contributed by atoms with Crippen molar-refractivity contribution in [2.45, 2.75) is 4.90 Å². The van der Waals surface area contributed by atoms with Crippen molar-refractivity contribution in [1.82, 2.24) is 14.6 Å². The highest BCUT2D eigenvalue weighted by molar-refractivity contribution is 9.10. The van der Waals surface area contributed by atoms with Gasteiger partial charge in [0.1, 0.15) is 15.7 Å². The lowest BCUT2D eigenvalue weighted by atomic mass is 10.2.